The van der Waals surface area contributed by atoms with Crippen molar-refractivity contribution in [2.45, 2.75) is 77.0 Å². The fraction of sp³-hybridized carbons (Fsp3) is 0.613. The number of carboxylic acid groups (broad SMARTS) is 1. The Bertz CT molecular complexity index is 1280. The van der Waals surface area contributed by atoms with Crippen molar-refractivity contribution >= 4 is 23.4 Å². The van der Waals surface area contributed by atoms with E-state index in [1.807, 2.05) is 13.0 Å². The van der Waals surface area contributed by atoms with Crippen LogP contribution in [-0.4, -0.2) is 68.7 Å². The fourth-order valence-corrected chi connectivity index (χ4v) is 8.56. The highest BCUT2D eigenvalue weighted by Gasteiger charge is 2.68. The summed E-state index contributed by atoms with van der Waals surface area (Å²) in [4.78, 5) is 41.2. The van der Waals surface area contributed by atoms with E-state index in [1.54, 1.807) is 12.1 Å². The van der Waals surface area contributed by atoms with Crippen molar-refractivity contribution in [1.29, 1.82) is 0 Å². The standard InChI is InChI=1S/C31H40N2O8/c1-29-11-9-21(33-41-17-26(37)32-15-18-3-5-19(6-4-18)28(38)39)13-20(29)7-8-22-23-10-12-31(40,25(36)16-34)30(23,2)14-24(35)27(22)29/h3-6,13,22-24,27,34-35,40H,7-12,14-17H2,1-2H3,(H,32,37)(H,38,39)/b33-21+/t22-,23+,24-,27-,29-,30-,31-/m0/s1. The summed E-state index contributed by atoms with van der Waals surface area (Å²) in [6.07, 6.45) is 5.81. The number of benzene rings is 1. The highest BCUT2D eigenvalue weighted by Crippen LogP contribution is 2.67. The lowest BCUT2D eigenvalue weighted by atomic mass is 9.45. The van der Waals surface area contributed by atoms with E-state index in [2.05, 4.69) is 17.4 Å². The molecule has 4 aliphatic rings. The quantitative estimate of drug-likeness (QED) is 0.299. The maximum Gasteiger partial charge on any atom is 0.335 e. The van der Waals surface area contributed by atoms with Gasteiger partial charge in [-0.1, -0.05) is 36.7 Å². The SMILES string of the molecule is C[C@]12CC/C(=N\OCC(=O)NCc3ccc(C(=O)O)cc3)C=C1CC[C@@H]1[C@H]2[C@@H](O)C[C@@]2(C)[C@@H]1CC[C@]2(O)C(=O)CO. The smallest absolute Gasteiger partial charge is 0.335 e. The largest absolute Gasteiger partial charge is 0.478 e. The molecule has 4 aliphatic carbocycles. The van der Waals surface area contributed by atoms with Gasteiger partial charge in [-0.2, -0.15) is 0 Å². The Morgan fingerprint density at radius 1 is 1.10 bits per heavy atom. The van der Waals surface area contributed by atoms with Gasteiger partial charge in [-0.05, 0) is 91.9 Å². The topological polar surface area (TPSA) is 166 Å². The van der Waals surface area contributed by atoms with Crippen molar-refractivity contribution in [3.05, 3.63) is 47.0 Å². The predicted octanol–water partition coefficient (Wildman–Crippen LogP) is 2.60. The van der Waals surface area contributed by atoms with Gasteiger partial charge in [0, 0.05) is 12.0 Å². The van der Waals surface area contributed by atoms with Crippen LogP contribution in [0.4, 0.5) is 0 Å². The number of allylic oxidation sites excluding steroid dienone is 2. The van der Waals surface area contributed by atoms with Gasteiger partial charge in [0.2, 0.25) is 0 Å². The van der Waals surface area contributed by atoms with Crippen LogP contribution < -0.4 is 5.32 Å². The Labute approximate surface area is 239 Å². The molecule has 3 fully saturated rings. The molecule has 1 aromatic rings. The van der Waals surface area contributed by atoms with Crippen molar-refractivity contribution in [2.75, 3.05) is 13.2 Å². The van der Waals surface area contributed by atoms with E-state index in [4.69, 9.17) is 9.94 Å². The number of amides is 1. The first-order valence-corrected chi connectivity index (χ1v) is 14.5. The Balaban J connectivity index is 1.21. The molecule has 0 heterocycles. The maximum absolute atomic E-state index is 12.6. The normalized spacial score (nSPS) is 36.9. The lowest BCUT2D eigenvalue weighted by Gasteiger charge is -2.60. The molecule has 3 saturated carbocycles. The molecule has 0 aromatic heterocycles. The number of aromatic carboxylic acids is 1. The van der Waals surface area contributed by atoms with Gasteiger partial charge >= 0.3 is 5.97 Å². The maximum atomic E-state index is 12.6. The third-order valence-electron chi connectivity index (χ3n) is 10.7. The first-order chi connectivity index (χ1) is 19.4. The van der Waals surface area contributed by atoms with Gasteiger partial charge in [-0.3, -0.25) is 9.59 Å². The number of Topliss-reactive ketones (excluding diaryl/α,β-unsaturated/α-hetero) is 1. The number of oxime groups is 1. The molecule has 0 radical (unpaired) electrons. The van der Waals surface area contributed by atoms with E-state index in [9.17, 15) is 29.7 Å². The molecule has 41 heavy (non-hydrogen) atoms. The van der Waals surface area contributed by atoms with Crippen LogP contribution in [0.3, 0.4) is 0 Å². The van der Waals surface area contributed by atoms with Gasteiger partial charge in [0.1, 0.15) is 12.2 Å². The van der Waals surface area contributed by atoms with Gasteiger partial charge in [0.25, 0.3) is 5.91 Å². The molecule has 0 aliphatic heterocycles. The van der Waals surface area contributed by atoms with Crippen LogP contribution in [0.2, 0.25) is 0 Å². The summed E-state index contributed by atoms with van der Waals surface area (Å²) in [6.45, 7) is 3.44. The van der Waals surface area contributed by atoms with Gasteiger partial charge in [0.15, 0.2) is 12.4 Å². The van der Waals surface area contributed by atoms with E-state index in [1.165, 1.54) is 17.7 Å². The van der Waals surface area contributed by atoms with Crippen molar-refractivity contribution < 1.29 is 39.6 Å². The Morgan fingerprint density at radius 2 is 1.83 bits per heavy atom. The molecule has 0 unspecified atom stereocenters. The van der Waals surface area contributed by atoms with Crippen LogP contribution >= 0.6 is 0 Å². The number of rotatable bonds is 8. The van der Waals surface area contributed by atoms with Gasteiger partial charge in [0.05, 0.1) is 17.4 Å². The first-order valence-electron chi connectivity index (χ1n) is 14.5. The average molecular weight is 569 g/mol. The molecule has 0 saturated heterocycles. The van der Waals surface area contributed by atoms with Gasteiger partial charge in [-0.15, -0.1) is 0 Å². The number of fused-ring (bicyclic) bond motifs is 5. The molecule has 0 bridgehead atoms. The predicted molar refractivity (Wildman–Crippen MR) is 149 cm³/mol. The Morgan fingerprint density at radius 3 is 2.51 bits per heavy atom. The van der Waals surface area contributed by atoms with Crippen LogP contribution in [0.15, 0.2) is 41.1 Å². The molecule has 5 N–H and O–H groups in total. The molecular formula is C31H40N2O8. The molecule has 1 amide bonds. The van der Waals surface area contributed by atoms with Gasteiger partial charge in [-0.25, -0.2) is 4.79 Å². The molecule has 10 nitrogen and oxygen atoms in total. The second-order valence-electron chi connectivity index (χ2n) is 12.7. The van der Waals surface area contributed by atoms with Gasteiger partial charge < -0.3 is 30.6 Å². The monoisotopic (exact) mass is 568 g/mol. The number of aliphatic hydroxyl groups is 3. The zero-order valence-corrected chi connectivity index (χ0v) is 23.6. The van der Waals surface area contributed by atoms with E-state index in [0.29, 0.717) is 25.7 Å². The Hall–Kier alpha value is -3.08. The van der Waals surface area contributed by atoms with Crippen molar-refractivity contribution in [2.24, 2.45) is 33.7 Å². The van der Waals surface area contributed by atoms with Crippen molar-refractivity contribution in [3.8, 4) is 0 Å². The van der Waals surface area contributed by atoms with Crippen LogP contribution in [0.25, 0.3) is 0 Å². The molecule has 10 heteroatoms. The number of ketones is 1. The Kier molecular flexibility index (Phi) is 7.86. The number of nitrogens with zero attached hydrogens (tertiary/aromatic N) is 1. The summed E-state index contributed by atoms with van der Waals surface area (Å²) in [5.74, 6) is -1.61. The van der Waals surface area contributed by atoms with Crippen molar-refractivity contribution in [3.63, 3.8) is 0 Å². The highest BCUT2D eigenvalue weighted by atomic mass is 16.6. The summed E-state index contributed by atoms with van der Waals surface area (Å²) < 4.78 is 0. The number of hydrogen-bond donors (Lipinski definition) is 5. The summed E-state index contributed by atoms with van der Waals surface area (Å²) >= 11 is 0. The van der Waals surface area contributed by atoms with E-state index >= 15 is 0 Å². The number of carbonyl (C=O) groups excluding carboxylic acids is 2. The summed E-state index contributed by atoms with van der Waals surface area (Å²) in [5.41, 5.74) is 0.323. The van der Waals surface area contributed by atoms with Crippen LogP contribution in [0, 0.1) is 28.6 Å². The van der Waals surface area contributed by atoms with Crippen molar-refractivity contribution in [1.82, 2.24) is 5.32 Å². The lowest BCUT2D eigenvalue weighted by molar-refractivity contribution is -0.181. The van der Waals surface area contributed by atoms with E-state index < -0.39 is 35.5 Å². The number of carboxylic acids is 1. The third-order valence-corrected chi connectivity index (χ3v) is 10.7. The average Bonchev–Trinajstić information content (AvgIpc) is 3.22. The molecule has 5 rings (SSSR count). The molecular weight excluding hydrogens is 528 g/mol. The molecule has 1 aromatic carbocycles. The van der Waals surface area contributed by atoms with Crippen LogP contribution in [-0.2, 0) is 21.0 Å². The lowest BCUT2D eigenvalue weighted by Crippen LogP contribution is -2.62. The third kappa shape index (κ3) is 5.00. The first kappa shape index (κ1) is 29.4. The number of aliphatic hydroxyl groups excluding tert-OH is 2. The van der Waals surface area contributed by atoms with Crippen LogP contribution in [0.1, 0.15) is 74.7 Å². The minimum absolute atomic E-state index is 0.00460. The van der Waals surface area contributed by atoms with E-state index in [0.717, 1.165) is 30.5 Å². The summed E-state index contributed by atoms with van der Waals surface area (Å²) in [6, 6.07) is 6.27. The zero-order chi connectivity index (χ0) is 29.6. The second kappa shape index (κ2) is 11.0. The second-order valence-corrected chi connectivity index (χ2v) is 12.7. The molecule has 222 valence electrons. The zero-order valence-electron chi connectivity index (χ0n) is 23.6. The molecule has 7 atom stereocenters. The van der Waals surface area contributed by atoms with E-state index in [-0.39, 0.29) is 47.8 Å². The minimum atomic E-state index is -1.60. The number of carbonyl (C=O) groups is 3. The summed E-state index contributed by atoms with van der Waals surface area (Å²) in [5, 5.41) is 48.4. The molecule has 0 spiro atoms. The van der Waals surface area contributed by atoms with Crippen LogP contribution in [0.5, 0.6) is 0 Å². The summed E-state index contributed by atoms with van der Waals surface area (Å²) in [7, 11) is 0. The minimum Gasteiger partial charge on any atom is -0.478 e. The number of hydrogen-bond acceptors (Lipinski definition) is 8. The fourth-order valence-electron chi connectivity index (χ4n) is 8.56. The highest BCUT2D eigenvalue weighted by molar-refractivity contribution is 5.96. The number of nitrogens with one attached hydrogen (secondary N) is 1.